The number of hydrogen-bond acceptors (Lipinski definition) is 4. The second-order valence-electron chi connectivity index (χ2n) is 7.48. The molecule has 0 bridgehead atoms. The Bertz CT molecular complexity index is 941. The fourth-order valence-electron chi connectivity index (χ4n) is 3.59. The summed E-state index contributed by atoms with van der Waals surface area (Å²) in [7, 11) is 0. The molecule has 8 heteroatoms. The van der Waals surface area contributed by atoms with Crippen LogP contribution in [0.3, 0.4) is 0 Å². The van der Waals surface area contributed by atoms with Gasteiger partial charge in [-0.05, 0) is 37.8 Å². The van der Waals surface area contributed by atoms with Crippen LogP contribution in [0.2, 0.25) is 0 Å². The Morgan fingerprint density at radius 3 is 2.50 bits per heavy atom. The third-order valence-electron chi connectivity index (χ3n) is 5.39. The van der Waals surface area contributed by atoms with Crippen LogP contribution in [0.5, 0.6) is 0 Å². The van der Waals surface area contributed by atoms with Crippen LogP contribution in [0.25, 0.3) is 0 Å². The van der Waals surface area contributed by atoms with Gasteiger partial charge in [-0.2, -0.15) is 0 Å². The molecule has 0 radical (unpaired) electrons. The fraction of sp³-hybridized carbons (Fsp3) is 0.364. The van der Waals surface area contributed by atoms with Crippen molar-refractivity contribution >= 4 is 17.5 Å². The normalized spacial score (nSPS) is 14.4. The highest BCUT2D eigenvalue weighted by molar-refractivity contribution is 5.95. The van der Waals surface area contributed by atoms with E-state index in [1.54, 1.807) is 4.90 Å². The molecule has 1 heterocycles. The van der Waals surface area contributed by atoms with E-state index in [-0.39, 0.29) is 23.1 Å². The highest BCUT2D eigenvalue weighted by atomic mass is 19.1. The van der Waals surface area contributed by atoms with Crippen molar-refractivity contribution in [3.8, 4) is 0 Å². The molecule has 2 aromatic rings. The van der Waals surface area contributed by atoms with Crippen LogP contribution >= 0.6 is 0 Å². The van der Waals surface area contributed by atoms with Crippen molar-refractivity contribution in [2.24, 2.45) is 0 Å². The van der Waals surface area contributed by atoms with Gasteiger partial charge in [0.15, 0.2) is 0 Å². The molecule has 0 unspecified atom stereocenters. The largest absolute Gasteiger partial charge is 0.353 e. The van der Waals surface area contributed by atoms with Gasteiger partial charge in [-0.25, -0.2) is 4.39 Å². The highest BCUT2D eigenvalue weighted by Crippen LogP contribution is 2.24. The SMILES string of the molecule is Cc1c(F)cc(C(=O)N2CCC(NC(=O)CCc3ccccc3)CC2)cc1[N+](=O)[O-]. The molecule has 0 atom stereocenters. The molecule has 0 aromatic heterocycles. The van der Waals surface area contributed by atoms with Crippen LogP contribution in [0, 0.1) is 22.9 Å². The number of nitrogens with zero attached hydrogens (tertiary/aromatic N) is 2. The van der Waals surface area contributed by atoms with Crippen molar-refractivity contribution in [3.63, 3.8) is 0 Å². The number of benzene rings is 2. The molecule has 7 nitrogen and oxygen atoms in total. The number of likely N-dealkylation sites (tertiary alicyclic amines) is 1. The van der Waals surface area contributed by atoms with Crippen LogP contribution in [-0.4, -0.2) is 40.8 Å². The molecule has 0 saturated carbocycles. The number of amides is 2. The summed E-state index contributed by atoms with van der Waals surface area (Å²) < 4.78 is 14.0. The quantitative estimate of drug-likeness (QED) is 0.580. The van der Waals surface area contributed by atoms with Gasteiger partial charge in [-0.1, -0.05) is 30.3 Å². The Hall–Kier alpha value is -3.29. The number of carbonyl (C=O) groups is 2. The van der Waals surface area contributed by atoms with Gasteiger partial charge in [-0.15, -0.1) is 0 Å². The van der Waals surface area contributed by atoms with E-state index in [0.717, 1.165) is 17.7 Å². The summed E-state index contributed by atoms with van der Waals surface area (Å²) in [6.07, 6.45) is 2.23. The van der Waals surface area contributed by atoms with Crippen LogP contribution in [0.1, 0.15) is 40.7 Å². The average Bonchev–Trinajstić information content (AvgIpc) is 2.74. The van der Waals surface area contributed by atoms with Gasteiger partial charge in [0.1, 0.15) is 5.82 Å². The van der Waals surface area contributed by atoms with Gasteiger partial charge in [-0.3, -0.25) is 19.7 Å². The van der Waals surface area contributed by atoms with Crippen molar-refractivity contribution < 1.29 is 18.9 Å². The maximum atomic E-state index is 14.0. The molecule has 1 N–H and O–H groups in total. The molecule has 3 rings (SSSR count). The van der Waals surface area contributed by atoms with Gasteiger partial charge in [0.05, 0.1) is 10.5 Å². The van der Waals surface area contributed by atoms with Gasteiger partial charge < -0.3 is 10.2 Å². The second-order valence-corrected chi connectivity index (χ2v) is 7.48. The Kier molecular flexibility index (Phi) is 6.76. The number of nitrogens with one attached hydrogen (secondary N) is 1. The van der Waals surface area contributed by atoms with Gasteiger partial charge >= 0.3 is 0 Å². The first-order valence-corrected chi connectivity index (χ1v) is 9.92. The summed E-state index contributed by atoms with van der Waals surface area (Å²) in [5.41, 5.74) is 0.579. The van der Waals surface area contributed by atoms with Gasteiger partial charge in [0.2, 0.25) is 5.91 Å². The van der Waals surface area contributed by atoms with Crippen molar-refractivity contribution in [2.45, 2.75) is 38.6 Å². The Balaban J connectivity index is 1.52. The standard InChI is InChI=1S/C22H24FN3O4/c1-15-19(23)13-17(14-20(15)26(29)30)22(28)25-11-9-18(10-12-25)24-21(27)8-7-16-5-3-2-4-6-16/h2-6,13-14,18H,7-12H2,1H3,(H,24,27). The van der Waals surface area contributed by atoms with Crippen molar-refractivity contribution in [1.82, 2.24) is 10.2 Å². The molecule has 1 aliphatic heterocycles. The van der Waals surface area contributed by atoms with Crippen molar-refractivity contribution in [3.05, 3.63) is 75.1 Å². The first-order chi connectivity index (χ1) is 14.3. The predicted molar refractivity (Wildman–Crippen MR) is 110 cm³/mol. The fourth-order valence-corrected chi connectivity index (χ4v) is 3.59. The van der Waals surface area contributed by atoms with E-state index in [4.69, 9.17) is 0 Å². The Morgan fingerprint density at radius 1 is 1.20 bits per heavy atom. The zero-order valence-corrected chi connectivity index (χ0v) is 16.8. The summed E-state index contributed by atoms with van der Waals surface area (Å²) >= 11 is 0. The van der Waals surface area contributed by atoms with E-state index in [2.05, 4.69) is 5.32 Å². The maximum absolute atomic E-state index is 14.0. The van der Waals surface area contributed by atoms with Crippen LogP contribution in [0.15, 0.2) is 42.5 Å². The zero-order valence-electron chi connectivity index (χ0n) is 16.8. The maximum Gasteiger partial charge on any atom is 0.276 e. The second kappa shape index (κ2) is 9.47. The number of halogens is 1. The number of carbonyl (C=O) groups excluding carboxylic acids is 2. The third kappa shape index (κ3) is 5.20. The molecule has 0 aliphatic carbocycles. The predicted octanol–water partition coefficient (Wildman–Crippen LogP) is 3.40. The Morgan fingerprint density at radius 2 is 1.87 bits per heavy atom. The van der Waals surface area contributed by atoms with Crippen LogP contribution in [0.4, 0.5) is 10.1 Å². The third-order valence-corrected chi connectivity index (χ3v) is 5.39. The lowest BCUT2D eigenvalue weighted by Crippen LogP contribution is -2.46. The first kappa shape index (κ1) is 21.4. The smallest absolute Gasteiger partial charge is 0.276 e. The number of nitro groups is 1. The van der Waals surface area contributed by atoms with Gasteiger partial charge in [0.25, 0.3) is 11.6 Å². The molecule has 30 heavy (non-hydrogen) atoms. The molecule has 0 spiro atoms. The van der Waals surface area contributed by atoms with E-state index in [1.165, 1.54) is 6.92 Å². The van der Waals surface area contributed by atoms with Crippen molar-refractivity contribution in [1.29, 1.82) is 0 Å². The molecule has 2 aromatic carbocycles. The minimum atomic E-state index is -0.770. The molecule has 1 aliphatic rings. The zero-order chi connectivity index (χ0) is 21.7. The molecule has 158 valence electrons. The molecule has 2 amide bonds. The van der Waals surface area contributed by atoms with E-state index >= 15 is 0 Å². The molecule has 1 saturated heterocycles. The van der Waals surface area contributed by atoms with Crippen LogP contribution < -0.4 is 5.32 Å². The lowest BCUT2D eigenvalue weighted by molar-refractivity contribution is -0.385. The van der Waals surface area contributed by atoms with E-state index in [9.17, 15) is 24.1 Å². The number of rotatable bonds is 6. The summed E-state index contributed by atoms with van der Waals surface area (Å²) in [5, 5.41) is 14.1. The molecule has 1 fully saturated rings. The number of hydrogen-bond donors (Lipinski definition) is 1. The van der Waals surface area contributed by atoms with Crippen LogP contribution in [-0.2, 0) is 11.2 Å². The van der Waals surface area contributed by atoms with Gasteiger partial charge in [0, 0.05) is 37.2 Å². The minimum Gasteiger partial charge on any atom is -0.353 e. The van der Waals surface area contributed by atoms with Crippen molar-refractivity contribution in [2.75, 3.05) is 13.1 Å². The lowest BCUT2D eigenvalue weighted by Gasteiger charge is -2.32. The monoisotopic (exact) mass is 413 g/mol. The average molecular weight is 413 g/mol. The summed E-state index contributed by atoms with van der Waals surface area (Å²) in [6.45, 7) is 2.10. The summed E-state index contributed by atoms with van der Waals surface area (Å²) in [4.78, 5) is 36.8. The summed E-state index contributed by atoms with van der Waals surface area (Å²) in [6, 6.07) is 11.9. The number of aryl methyl sites for hydroxylation is 1. The minimum absolute atomic E-state index is 0.0265. The van der Waals surface area contributed by atoms with E-state index in [0.29, 0.717) is 38.8 Å². The topological polar surface area (TPSA) is 92.6 Å². The Labute approximate surface area is 174 Å². The van der Waals surface area contributed by atoms with E-state index in [1.807, 2.05) is 30.3 Å². The molecular weight excluding hydrogens is 389 g/mol. The summed E-state index contributed by atoms with van der Waals surface area (Å²) in [5.74, 6) is -1.24. The highest BCUT2D eigenvalue weighted by Gasteiger charge is 2.27. The number of nitro benzene ring substituents is 1. The number of piperidine rings is 1. The lowest BCUT2D eigenvalue weighted by atomic mass is 10.0. The van der Waals surface area contributed by atoms with E-state index < -0.39 is 22.3 Å². The first-order valence-electron chi connectivity index (χ1n) is 9.92. The molecular formula is C22H24FN3O4.